The number of hydrogen-bond acceptors (Lipinski definition) is 3. The first-order chi connectivity index (χ1) is 5.95. The second-order valence-corrected chi connectivity index (χ2v) is 4.36. The van der Waals surface area contributed by atoms with Crippen LogP contribution in [0.25, 0.3) is 0 Å². The molecule has 0 radical (unpaired) electrons. The molecule has 1 saturated carbocycles. The lowest BCUT2D eigenvalue weighted by atomic mass is 9.77. The number of hydrazine groups is 1. The molecule has 3 heteroatoms. The molecule has 12 heavy (non-hydrogen) atoms. The van der Waals surface area contributed by atoms with Gasteiger partial charge in [0.2, 0.25) is 0 Å². The van der Waals surface area contributed by atoms with Crippen molar-refractivity contribution < 1.29 is 0 Å². The molecular weight excluding hydrogens is 150 g/mol. The minimum Gasteiger partial charge on any atom is -0.297 e. The zero-order chi connectivity index (χ0) is 7.97. The maximum atomic E-state index is 3.57. The Balaban J connectivity index is 1.75. The second kappa shape index (κ2) is 2.69. The SMILES string of the molecule is C1CCC2NNC3NC(CC1)C23. The fourth-order valence-corrected chi connectivity index (χ4v) is 2.96. The van der Waals surface area contributed by atoms with Gasteiger partial charge in [0.1, 0.15) is 0 Å². The van der Waals surface area contributed by atoms with E-state index in [2.05, 4.69) is 16.2 Å². The van der Waals surface area contributed by atoms with Gasteiger partial charge in [-0.1, -0.05) is 19.3 Å². The summed E-state index contributed by atoms with van der Waals surface area (Å²) < 4.78 is 0. The van der Waals surface area contributed by atoms with Crippen LogP contribution in [-0.4, -0.2) is 18.2 Å². The lowest BCUT2D eigenvalue weighted by Gasteiger charge is -2.44. The molecule has 0 aromatic heterocycles. The molecule has 0 spiro atoms. The summed E-state index contributed by atoms with van der Waals surface area (Å²) in [6.07, 6.45) is 7.60. The largest absolute Gasteiger partial charge is 0.297 e. The van der Waals surface area contributed by atoms with E-state index >= 15 is 0 Å². The van der Waals surface area contributed by atoms with Gasteiger partial charge < -0.3 is 0 Å². The maximum absolute atomic E-state index is 3.57. The lowest BCUT2D eigenvalue weighted by molar-refractivity contribution is 0.124. The van der Waals surface area contributed by atoms with E-state index in [9.17, 15) is 0 Å². The van der Waals surface area contributed by atoms with Gasteiger partial charge in [-0.05, 0) is 12.8 Å². The van der Waals surface area contributed by atoms with Gasteiger partial charge in [-0.15, -0.1) is 0 Å². The van der Waals surface area contributed by atoms with Crippen LogP contribution in [0.5, 0.6) is 0 Å². The third-order valence-corrected chi connectivity index (χ3v) is 3.66. The van der Waals surface area contributed by atoms with E-state index in [0.29, 0.717) is 6.17 Å². The van der Waals surface area contributed by atoms with Crippen molar-refractivity contribution in [2.45, 2.75) is 50.4 Å². The molecule has 0 aromatic carbocycles. The van der Waals surface area contributed by atoms with Crippen molar-refractivity contribution in [2.24, 2.45) is 5.92 Å². The fraction of sp³-hybridized carbons (Fsp3) is 1.00. The Morgan fingerprint density at radius 2 is 1.67 bits per heavy atom. The van der Waals surface area contributed by atoms with Crippen molar-refractivity contribution in [2.75, 3.05) is 0 Å². The van der Waals surface area contributed by atoms with E-state index in [0.717, 1.165) is 18.0 Å². The van der Waals surface area contributed by atoms with Gasteiger partial charge in [0.05, 0.1) is 6.17 Å². The highest BCUT2D eigenvalue weighted by Gasteiger charge is 2.48. The van der Waals surface area contributed by atoms with Crippen molar-refractivity contribution in [1.82, 2.24) is 16.2 Å². The molecule has 0 bridgehead atoms. The standard InChI is InChI=1S/C9H17N3/c1-2-4-6-8-7(5-3-1)11-12-9(8)10-6/h6-12H,1-5H2. The Hall–Kier alpha value is -0.120. The van der Waals surface area contributed by atoms with Crippen molar-refractivity contribution in [3.8, 4) is 0 Å². The molecule has 3 aliphatic rings. The van der Waals surface area contributed by atoms with E-state index < -0.39 is 0 Å². The van der Waals surface area contributed by atoms with Crippen LogP contribution in [0.3, 0.4) is 0 Å². The first-order valence-electron chi connectivity index (χ1n) is 5.22. The molecule has 2 saturated heterocycles. The van der Waals surface area contributed by atoms with Crippen LogP contribution in [-0.2, 0) is 0 Å². The number of hydrogen-bond donors (Lipinski definition) is 3. The molecule has 0 amide bonds. The Morgan fingerprint density at radius 1 is 0.833 bits per heavy atom. The topological polar surface area (TPSA) is 36.1 Å². The molecule has 2 aliphatic heterocycles. The zero-order valence-electron chi connectivity index (χ0n) is 7.34. The predicted molar refractivity (Wildman–Crippen MR) is 47.3 cm³/mol. The van der Waals surface area contributed by atoms with Gasteiger partial charge in [-0.2, -0.15) is 0 Å². The highest BCUT2D eigenvalue weighted by Crippen LogP contribution is 2.34. The normalized spacial score (nSPS) is 52.0. The summed E-state index contributed by atoms with van der Waals surface area (Å²) in [5, 5.41) is 3.57. The van der Waals surface area contributed by atoms with Gasteiger partial charge in [-0.3, -0.25) is 10.7 Å². The van der Waals surface area contributed by atoms with E-state index in [1.54, 1.807) is 0 Å². The van der Waals surface area contributed by atoms with Crippen LogP contribution in [0.15, 0.2) is 0 Å². The van der Waals surface area contributed by atoms with Crippen LogP contribution in [0.1, 0.15) is 32.1 Å². The Bertz CT molecular complexity index is 183. The minimum absolute atomic E-state index is 0.582. The molecule has 2 heterocycles. The lowest BCUT2D eigenvalue weighted by Crippen LogP contribution is -2.64. The summed E-state index contributed by atoms with van der Waals surface area (Å²) in [4.78, 5) is 0. The fourth-order valence-electron chi connectivity index (χ4n) is 2.96. The van der Waals surface area contributed by atoms with Crippen LogP contribution in [0.2, 0.25) is 0 Å². The smallest absolute Gasteiger partial charge is 0.0765 e. The highest BCUT2D eigenvalue weighted by molar-refractivity contribution is 5.05. The summed E-state index contributed by atoms with van der Waals surface area (Å²) in [5.41, 5.74) is 6.73. The van der Waals surface area contributed by atoms with Gasteiger partial charge in [-0.25, -0.2) is 5.43 Å². The Morgan fingerprint density at radius 3 is 2.58 bits per heavy atom. The molecule has 3 rings (SSSR count). The first-order valence-corrected chi connectivity index (χ1v) is 5.22. The van der Waals surface area contributed by atoms with Crippen LogP contribution in [0, 0.1) is 5.92 Å². The minimum atomic E-state index is 0.582. The van der Waals surface area contributed by atoms with E-state index in [1.165, 1.54) is 32.1 Å². The third-order valence-electron chi connectivity index (χ3n) is 3.66. The molecule has 0 aromatic rings. The summed E-state index contributed by atoms with van der Waals surface area (Å²) in [6, 6.07) is 1.56. The predicted octanol–water partition coefficient (Wildman–Crippen LogP) is 0.341. The van der Waals surface area contributed by atoms with Gasteiger partial charge in [0.15, 0.2) is 0 Å². The van der Waals surface area contributed by atoms with Gasteiger partial charge >= 0.3 is 0 Å². The van der Waals surface area contributed by atoms with Crippen LogP contribution >= 0.6 is 0 Å². The summed E-state index contributed by atoms with van der Waals surface area (Å²) in [5.74, 6) is 0.880. The highest BCUT2D eigenvalue weighted by atomic mass is 15.5. The zero-order valence-corrected chi connectivity index (χ0v) is 7.34. The molecule has 1 aliphatic carbocycles. The molecule has 68 valence electrons. The molecule has 4 atom stereocenters. The molecular formula is C9H17N3. The summed E-state index contributed by atoms with van der Waals surface area (Å²) >= 11 is 0. The average molecular weight is 167 g/mol. The first kappa shape index (κ1) is 7.30. The molecule has 3 nitrogen and oxygen atoms in total. The summed E-state index contributed by atoms with van der Waals surface area (Å²) in [6.45, 7) is 0. The summed E-state index contributed by atoms with van der Waals surface area (Å²) in [7, 11) is 0. The molecule has 4 unspecified atom stereocenters. The second-order valence-electron chi connectivity index (χ2n) is 4.36. The van der Waals surface area contributed by atoms with E-state index in [4.69, 9.17) is 0 Å². The van der Waals surface area contributed by atoms with Crippen LogP contribution < -0.4 is 16.2 Å². The van der Waals surface area contributed by atoms with Gasteiger partial charge in [0, 0.05) is 18.0 Å². The van der Waals surface area contributed by atoms with Crippen molar-refractivity contribution in [3.63, 3.8) is 0 Å². The van der Waals surface area contributed by atoms with E-state index in [1.807, 2.05) is 0 Å². The van der Waals surface area contributed by atoms with Gasteiger partial charge in [0.25, 0.3) is 0 Å². The van der Waals surface area contributed by atoms with Crippen LogP contribution in [0.4, 0.5) is 0 Å². The quantitative estimate of drug-likeness (QED) is 0.487. The molecule has 3 N–H and O–H groups in total. The molecule has 3 fully saturated rings. The monoisotopic (exact) mass is 167 g/mol. The maximum Gasteiger partial charge on any atom is 0.0765 e. The van der Waals surface area contributed by atoms with Crippen molar-refractivity contribution in [1.29, 1.82) is 0 Å². The average Bonchev–Trinajstić information content (AvgIpc) is 2.32. The number of rotatable bonds is 0. The Labute approximate surface area is 73.3 Å². The Kier molecular flexibility index (Phi) is 1.63. The van der Waals surface area contributed by atoms with Crippen molar-refractivity contribution >= 4 is 0 Å². The number of nitrogens with one attached hydrogen (secondary N) is 3. The third kappa shape index (κ3) is 0.934. The van der Waals surface area contributed by atoms with E-state index in [-0.39, 0.29) is 0 Å². The van der Waals surface area contributed by atoms with Crippen molar-refractivity contribution in [3.05, 3.63) is 0 Å².